The van der Waals surface area contributed by atoms with Crippen molar-refractivity contribution in [3.05, 3.63) is 12.7 Å². The normalized spacial score (nSPS) is 11.9. The predicted molar refractivity (Wildman–Crippen MR) is 96.6 cm³/mol. The van der Waals surface area contributed by atoms with Gasteiger partial charge in [0.1, 0.15) is 6.54 Å². The Kier molecular flexibility index (Phi) is 12.3. The molecule has 9 nitrogen and oxygen atoms in total. The van der Waals surface area contributed by atoms with Crippen LogP contribution in [0, 0.1) is 0 Å². The van der Waals surface area contributed by atoms with E-state index < -0.39 is 22.1 Å². The first kappa shape index (κ1) is 26.7. The number of carbonyl (C=O) groups excluding carboxylic acids is 2. The molecule has 0 spiro atoms. The third kappa shape index (κ3) is 22.5. The van der Waals surface area contributed by atoms with Crippen LogP contribution in [0.15, 0.2) is 12.7 Å². The number of rotatable bonds is 11. The molecule has 0 rings (SSSR count). The van der Waals surface area contributed by atoms with Crippen LogP contribution >= 0.6 is 0 Å². The van der Waals surface area contributed by atoms with Crippen LogP contribution in [0.4, 0.5) is 0 Å². The zero-order valence-electron chi connectivity index (χ0n) is 16.4. The lowest BCUT2D eigenvalue weighted by Crippen LogP contribution is -2.45. The highest BCUT2D eigenvalue weighted by molar-refractivity contribution is 7.85. The minimum Gasteiger partial charge on any atom is -0.544 e. The van der Waals surface area contributed by atoms with Crippen molar-refractivity contribution >= 4 is 22.1 Å². The summed E-state index contributed by atoms with van der Waals surface area (Å²) in [6.07, 6.45) is 2.21. The number of carboxylic acid groups (broad SMARTS) is 1. The number of likely N-dealkylation sites (N-methyl/N-ethyl adjacent to an activating group) is 1. The number of ether oxygens (including phenoxy) is 1. The summed E-state index contributed by atoms with van der Waals surface area (Å²) in [5.41, 5.74) is 0. The van der Waals surface area contributed by atoms with E-state index in [1.165, 1.54) is 0 Å². The molecule has 0 aromatic carbocycles. The molecule has 1 N–H and O–H groups in total. The quantitative estimate of drug-likeness (QED) is 0.154. The van der Waals surface area contributed by atoms with Crippen LogP contribution in [0.1, 0.15) is 12.8 Å². The van der Waals surface area contributed by atoms with E-state index in [1.807, 2.05) is 14.1 Å². The fraction of sp³-hybridized carbons (Fsp3) is 0.750. The molecule has 0 amide bonds. The van der Waals surface area contributed by atoms with Crippen molar-refractivity contribution in [1.82, 2.24) is 0 Å². The first-order valence-electron chi connectivity index (χ1n) is 8.14. The van der Waals surface area contributed by atoms with Crippen molar-refractivity contribution in [2.45, 2.75) is 12.8 Å². The third-order valence-corrected chi connectivity index (χ3v) is 3.89. The van der Waals surface area contributed by atoms with Gasteiger partial charge in [-0.3, -0.25) is 4.55 Å². The molecule has 0 bridgehead atoms. The Bertz CT molecular complexity index is 551. The number of hydrogen-bond donors (Lipinski definition) is 1. The average Bonchev–Trinajstić information content (AvgIpc) is 2.39. The molecule has 10 heteroatoms. The van der Waals surface area contributed by atoms with Crippen LogP contribution in [0.2, 0.25) is 0 Å². The Balaban J connectivity index is 0. The summed E-state index contributed by atoms with van der Waals surface area (Å²) in [5, 5.41) is 9.89. The molecule has 0 aromatic rings. The second kappa shape index (κ2) is 12.0. The summed E-state index contributed by atoms with van der Waals surface area (Å²) in [6, 6.07) is 0. The first-order chi connectivity index (χ1) is 11.6. The van der Waals surface area contributed by atoms with Crippen molar-refractivity contribution in [2.24, 2.45) is 0 Å². The Hall–Kier alpha value is -1.49. The Morgan fingerprint density at radius 3 is 1.96 bits per heavy atom. The molecule has 0 saturated carbocycles. The number of quaternary nitrogens is 2. The average molecular weight is 398 g/mol. The largest absolute Gasteiger partial charge is 0.544 e. The van der Waals surface area contributed by atoms with Gasteiger partial charge < -0.3 is 23.6 Å². The van der Waals surface area contributed by atoms with Crippen LogP contribution in [-0.4, -0.2) is 101 Å². The van der Waals surface area contributed by atoms with E-state index in [4.69, 9.17) is 9.29 Å². The molecule has 0 aliphatic heterocycles. The van der Waals surface area contributed by atoms with Crippen molar-refractivity contribution in [2.75, 3.05) is 67.2 Å². The summed E-state index contributed by atoms with van der Waals surface area (Å²) in [7, 11) is 5.44. The molecule has 26 heavy (non-hydrogen) atoms. The molecule has 0 heterocycles. The van der Waals surface area contributed by atoms with Gasteiger partial charge in [-0.05, 0) is 0 Å². The van der Waals surface area contributed by atoms with Crippen LogP contribution in [0.5, 0.6) is 0 Å². The number of hydrogen-bond acceptors (Lipinski definition) is 6. The predicted octanol–water partition coefficient (Wildman–Crippen LogP) is -1.10. The topological polar surface area (TPSA) is 121 Å². The Morgan fingerprint density at radius 2 is 1.62 bits per heavy atom. The molecular formula is C16H33N2O7S+. The molecule has 0 unspecified atom stereocenters. The summed E-state index contributed by atoms with van der Waals surface area (Å²) in [4.78, 5) is 20.7. The highest BCUT2D eigenvalue weighted by Gasteiger charge is 2.16. The Morgan fingerprint density at radius 1 is 1.12 bits per heavy atom. The summed E-state index contributed by atoms with van der Waals surface area (Å²) in [6.45, 7) is 5.08. The molecule has 0 saturated heterocycles. The van der Waals surface area contributed by atoms with Gasteiger partial charge in [0.2, 0.25) is 0 Å². The molecule has 154 valence electrons. The van der Waals surface area contributed by atoms with E-state index >= 15 is 0 Å². The maximum atomic E-state index is 10.8. The second-order valence-electron chi connectivity index (χ2n) is 7.57. The highest BCUT2D eigenvalue weighted by atomic mass is 32.2. The molecule has 0 atom stereocenters. The highest BCUT2D eigenvalue weighted by Crippen LogP contribution is 2.03. The lowest BCUT2D eigenvalue weighted by molar-refractivity contribution is -0.890. The van der Waals surface area contributed by atoms with Gasteiger partial charge in [-0.25, -0.2) is 4.79 Å². The maximum Gasteiger partial charge on any atom is 0.330 e. The van der Waals surface area contributed by atoms with Gasteiger partial charge in [0.05, 0.1) is 66.7 Å². The van der Waals surface area contributed by atoms with Gasteiger partial charge in [0.15, 0.2) is 0 Å². The molecular weight excluding hydrogens is 364 g/mol. The smallest absolute Gasteiger partial charge is 0.330 e. The van der Waals surface area contributed by atoms with Gasteiger partial charge in [0.25, 0.3) is 10.1 Å². The van der Waals surface area contributed by atoms with Crippen molar-refractivity contribution in [1.29, 1.82) is 0 Å². The van der Waals surface area contributed by atoms with Crippen LogP contribution in [0.3, 0.4) is 0 Å². The monoisotopic (exact) mass is 397 g/mol. The van der Waals surface area contributed by atoms with Gasteiger partial charge in [-0.15, -0.1) is 0 Å². The fourth-order valence-electron chi connectivity index (χ4n) is 1.90. The maximum absolute atomic E-state index is 10.8. The van der Waals surface area contributed by atoms with Crippen molar-refractivity contribution in [3.63, 3.8) is 0 Å². The van der Waals surface area contributed by atoms with Gasteiger partial charge in [-0.1, -0.05) is 6.58 Å². The number of aliphatic carboxylic acids is 1. The molecule has 0 aliphatic carbocycles. The van der Waals surface area contributed by atoms with E-state index in [0.29, 0.717) is 35.0 Å². The standard InChI is InChI=1S/C11H21NO5S.C5H11NO2/c1-4-11(13)17-9-5-7-12(2,3)8-6-10-18(14,15)16;1-6(2,3)4-5(7)8/h4H,1,5-10H2,2-3H3;4H2,1-3H3/p+1. The third-order valence-electron chi connectivity index (χ3n) is 3.09. The number of carbonyl (C=O) groups is 2. The lowest BCUT2D eigenvalue weighted by atomic mass is 10.3. The van der Waals surface area contributed by atoms with Crippen LogP contribution < -0.4 is 5.11 Å². The second-order valence-corrected chi connectivity index (χ2v) is 9.14. The van der Waals surface area contributed by atoms with Crippen molar-refractivity contribution in [3.8, 4) is 0 Å². The first-order valence-corrected chi connectivity index (χ1v) is 9.75. The van der Waals surface area contributed by atoms with Gasteiger partial charge >= 0.3 is 5.97 Å². The molecule has 0 fully saturated rings. The van der Waals surface area contributed by atoms with Crippen LogP contribution in [0.25, 0.3) is 0 Å². The SMILES string of the molecule is C=CC(=O)OCCC[N+](C)(C)CCCS(=O)(=O)O.C[N+](C)(C)CC(=O)[O-]. The van der Waals surface area contributed by atoms with Gasteiger partial charge in [-0.2, -0.15) is 8.42 Å². The minimum atomic E-state index is -3.88. The van der Waals surface area contributed by atoms with Crippen molar-refractivity contribution < 1.29 is 41.4 Å². The van der Waals surface area contributed by atoms with E-state index in [-0.39, 0.29) is 12.3 Å². The molecule has 0 aromatic heterocycles. The molecule has 0 radical (unpaired) electrons. The van der Waals surface area contributed by atoms with E-state index in [1.54, 1.807) is 21.1 Å². The fourth-order valence-corrected chi connectivity index (χ4v) is 2.39. The number of nitrogens with zero attached hydrogens (tertiary/aromatic N) is 2. The van der Waals surface area contributed by atoms with E-state index in [9.17, 15) is 23.1 Å². The van der Waals surface area contributed by atoms with E-state index in [2.05, 4.69) is 6.58 Å². The molecule has 0 aliphatic rings. The summed E-state index contributed by atoms with van der Waals surface area (Å²) in [5.74, 6) is -1.66. The lowest BCUT2D eigenvalue weighted by Gasteiger charge is -2.29. The Labute approximate surface area is 156 Å². The summed E-state index contributed by atoms with van der Waals surface area (Å²) < 4.78 is 35.6. The zero-order chi connectivity index (χ0) is 21.0. The van der Waals surface area contributed by atoms with Gasteiger partial charge in [0, 0.05) is 18.9 Å². The van der Waals surface area contributed by atoms with E-state index in [0.717, 1.165) is 12.6 Å². The summed E-state index contributed by atoms with van der Waals surface area (Å²) >= 11 is 0. The van der Waals surface area contributed by atoms with Crippen LogP contribution in [-0.2, 0) is 24.4 Å². The number of esters is 1. The number of carboxylic acids is 1. The zero-order valence-corrected chi connectivity index (χ0v) is 17.3. The minimum absolute atomic E-state index is 0.0694.